The Morgan fingerprint density at radius 2 is 2.17 bits per heavy atom. The molecule has 0 saturated heterocycles. The van der Waals surface area contributed by atoms with Crippen molar-refractivity contribution >= 4 is 17.5 Å². The van der Waals surface area contributed by atoms with Crippen LogP contribution < -0.4 is 10.1 Å². The summed E-state index contributed by atoms with van der Waals surface area (Å²) in [6, 6.07) is 6.08. The van der Waals surface area contributed by atoms with Crippen molar-refractivity contribution in [1.82, 2.24) is 5.32 Å². The lowest BCUT2D eigenvalue weighted by Crippen LogP contribution is -2.23. The van der Waals surface area contributed by atoms with E-state index in [4.69, 9.17) is 16.3 Å². The van der Waals surface area contributed by atoms with Gasteiger partial charge in [0.05, 0.1) is 7.11 Å². The molecule has 1 aromatic carbocycles. The van der Waals surface area contributed by atoms with Crippen molar-refractivity contribution in [3.8, 4) is 5.75 Å². The van der Waals surface area contributed by atoms with Crippen LogP contribution in [0.4, 0.5) is 0 Å². The summed E-state index contributed by atoms with van der Waals surface area (Å²) in [7, 11) is 1.64. The molecule has 100 valence electrons. The molecule has 0 heterocycles. The summed E-state index contributed by atoms with van der Waals surface area (Å²) in [4.78, 5) is 11.4. The number of amides is 1. The minimum atomic E-state index is -0.0417. The lowest BCUT2D eigenvalue weighted by atomic mass is 10.0. The van der Waals surface area contributed by atoms with E-state index in [0.717, 1.165) is 11.3 Å². The molecule has 0 saturated carbocycles. The Hall–Kier alpha value is -1.22. The monoisotopic (exact) mass is 269 g/mol. The van der Waals surface area contributed by atoms with Gasteiger partial charge in [-0.15, -0.1) is 11.6 Å². The van der Waals surface area contributed by atoms with Crippen molar-refractivity contribution in [3.05, 3.63) is 29.3 Å². The number of benzene rings is 1. The SMILES string of the molecule is COc1cc(C(C)C)ccc1CNC(=O)CCCl. The second-order valence-corrected chi connectivity index (χ2v) is 4.82. The molecule has 3 nitrogen and oxygen atoms in total. The molecule has 1 aromatic rings. The lowest BCUT2D eigenvalue weighted by molar-refractivity contribution is -0.120. The molecule has 0 fully saturated rings. The summed E-state index contributed by atoms with van der Waals surface area (Å²) in [5, 5.41) is 2.82. The van der Waals surface area contributed by atoms with Crippen molar-refractivity contribution < 1.29 is 9.53 Å². The third-order valence-electron chi connectivity index (χ3n) is 2.78. The van der Waals surface area contributed by atoms with Crippen molar-refractivity contribution in [2.24, 2.45) is 0 Å². The maximum Gasteiger partial charge on any atom is 0.221 e. The van der Waals surface area contributed by atoms with E-state index in [9.17, 15) is 4.79 Å². The summed E-state index contributed by atoms with van der Waals surface area (Å²) in [6.07, 6.45) is 0.341. The van der Waals surface area contributed by atoms with Gasteiger partial charge in [-0.25, -0.2) is 0 Å². The zero-order valence-electron chi connectivity index (χ0n) is 11.1. The van der Waals surface area contributed by atoms with E-state index in [-0.39, 0.29) is 5.91 Å². The Bertz CT molecular complexity index is 405. The smallest absolute Gasteiger partial charge is 0.221 e. The molecule has 0 radical (unpaired) electrons. The van der Waals surface area contributed by atoms with Crippen molar-refractivity contribution in [1.29, 1.82) is 0 Å². The quantitative estimate of drug-likeness (QED) is 0.806. The van der Waals surface area contributed by atoms with Gasteiger partial charge in [0.1, 0.15) is 5.75 Å². The average Bonchev–Trinajstić information content (AvgIpc) is 2.36. The Morgan fingerprint density at radius 3 is 2.72 bits per heavy atom. The molecular weight excluding hydrogens is 250 g/mol. The van der Waals surface area contributed by atoms with E-state index in [1.54, 1.807) is 7.11 Å². The highest BCUT2D eigenvalue weighted by Crippen LogP contribution is 2.24. The number of alkyl halides is 1. The van der Waals surface area contributed by atoms with Gasteiger partial charge in [0.2, 0.25) is 5.91 Å². The molecule has 1 rings (SSSR count). The van der Waals surface area contributed by atoms with Gasteiger partial charge in [-0.2, -0.15) is 0 Å². The van der Waals surface area contributed by atoms with Crippen molar-refractivity contribution in [2.45, 2.75) is 32.7 Å². The van der Waals surface area contributed by atoms with Gasteiger partial charge in [0, 0.05) is 24.4 Å². The molecule has 4 heteroatoms. The Kier molecular flexibility index (Phi) is 5.99. The van der Waals surface area contributed by atoms with Gasteiger partial charge in [-0.1, -0.05) is 26.0 Å². The fourth-order valence-corrected chi connectivity index (χ4v) is 1.81. The van der Waals surface area contributed by atoms with E-state index in [0.29, 0.717) is 24.8 Å². The lowest BCUT2D eigenvalue weighted by Gasteiger charge is -2.13. The summed E-state index contributed by atoms with van der Waals surface area (Å²) < 4.78 is 5.35. The van der Waals surface area contributed by atoms with Crippen LogP contribution >= 0.6 is 11.6 Å². The molecule has 0 aliphatic carbocycles. The van der Waals surface area contributed by atoms with Crippen LogP contribution in [0.3, 0.4) is 0 Å². The number of hydrogen-bond acceptors (Lipinski definition) is 2. The van der Waals surface area contributed by atoms with Crippen LogP contribution in [0.25, 0.3) is 0 Å². The molecule has 0 atom stereocenters. The van der Waals surface area contributed by atoms with E-state index >= 15 is 0 Å². The molecule has 0 unspecified atom stereocenters. The largest absolute Gasteiger partial charge is 0.496 e. The number of halogens is 1. The second kappa shape index (κ2) is 7.27. The molecule has 18 heavy (non-hydrogen) atoms. The Labute approximate surface area is 113 Å². The number of carbonyl (C=O) groups excluding carboxylic acids is 1. The van der Waals surface area contributed by atoms with Crippen LogP contribution in [0.15, 0.2) is 18.2 Å². The van der Waals surface area contributed by atoms with Crippen LogP contribution in [0, 0.1) is 0 Å². The number of hydrogen-bond donors (Lipinski definition) is 1. The van der Waals surface area contributed by atoms with Gasteiger partial charge < -0.3 is 10.1 Å². The number of rotatable bonds is 6. The maximum atomic E-state index is 11.4. The third-order valence-corrected chi connectivity index (χ3v) is 2.96. The molecule has 1 N–H and O–H groups in total. The highest BCUT2D eigenvalue weighted by Gasteiger charge is 2.08. The zero-order valence-corrected chi connectivity index (χ0v) is 11.9. The first-order chi connectivity index (χ1) is 8.58. The minimum absolute atomic E-state index is 0.0417. The number of nitrogens with one attached hydrogen (secondary N) is 1. The predicted octanol–water partition coefficient (Wildman–Crippen LogP) is 3.06. The van der Waals surface area contributed by atoms with Crippen LogP contribution in [0.2, 0.25) is 0 Å². The van der Waals surface area contributed by atoms with Crippen LogP contribution in [0.5, 0.6) is 5.75 Å². The normalized spacial score (nSPS) is 10.5. The van der Waals surface area contributed by atoms with Gasteiger partial charge in [0.25, 0.3) is 0 Å². The highest BCUT2D eigenvalue weighted by atomic mass is 35.5. The van der Waals surface area contributed by atoms with E-state index in [1.807, 2.05) is 12.1 Å². The fraction of sp³-hybridized carbons (Fsp3) is 0.500. The number of carbonyl (C=O) groups is 1. The predicted molar refractivity (Wildman–Crippen MR) is 74.3 cm³/mol. The zero-order chi connectivity index (χ0) is 13.5. The molecule has 0 aromatic heterocycles. The van der Waals surface area contributed by atoms with Gasteiger partial charge in [0.15, 0.2) is 0 Å². The molecular formula is C14H20ClNO2. The molecule has 0 spiro atoms. The standard InChI is InChI=1S/C14H20ClNO2/c1-10(2)11-4-5-12(13(8-11)18-3)9-16-14(17)6-7-15/h4-5,8,10H,6-7,9H2,1-3H3,(H,16,17). The molecule has 0 bridgehead atoms. The van der Waals surface area contributed by atoms with Crippen LogP contribution in [0.1, 0.15) is 37.3 Å². The van der Waals surface area contributed by atoms with Crippen molar-refractivity contribution in [2.75, 3.05) is 13.0 Å². The number of ether oxygens (including phenoxy) is 1. The molecule has 0 aliphatic heterocycles. The average molecular weight is 270 g/mol. The number of methoxy groups -OCH3 is 1. The first-order valence-electron chi connectivity index (χ1n) is 6.08. The van der Waals surface area contributed by atoms with Crippen LogP contribution in [-0.4, -0.2) is 18.9 Å². The highest BCUT2D eigenvalue weighted by molar-refractivity contribution is 6.18. The fourth-order valence-electron chi connectivity index (χ4n) is 1.63. The summed E-state index contributed by atoms with van der Waals surface area (Å²) in [5.41, 5.74) is 2.20. The van der Waals surface area contributed by atoms with Gasteiger partial charge in [-0.05, 0) is 17.5 Å². The first kappa shape index (κ1) is 14.8. The van der Waals surface area contributed by atoms with Crippen LogP contribution in [-0.2, 0) is 11.3 Å². The minimum Gasteiger partial charge on any atom is -0.496 e. The molecule has 1 amide bonds. The van der Waals surface area contributed by atoms with E-state index < -0.39 is 0 Å². The maximum absolute atomic E-state index is 11.4. The third kappa shape index (κ3) is 4.22. The first-order valence-corrected chi connectivity index (χ1v) is 6.61. The second-order valence-electron chi connectivity index (χ2n) is 4.44. The van der Waals surface area contributed by atoms with E-state index in [2.05, 4.69) is 25.2 Å². The molecule has 0 aliphatic rings. The van der Waals surface area contributed by atoms with Gasteiger partial charge >= 0.3 is 0 Å². The van der Waals surface area contributed by atoms with Gasteiger partial charge in [-0.3, -0.25) is 4.79 Å². The van der Waals surface area contributed by atoms with Crippen molar-refractivity contribution in [3.63, 3.8) is 0 Å². The topological polar surface area (TPSA) is 38.3 Å². The Morgan fingerprint density at radius 1 is 1.44 bits per heavy atom. The summed E-state index contributed by atoms with van der Waals surface area (Å²) >= 11 is 5.51. The summed E-state index contributed by atoms with van der Waals surface area (Å²) in [6.45, 7) is 4.74. The Balaban J connectivity index is 2.73. The summed E-state index contributed by atoms with van der Waals surface area (Å²) in [5.74, 6) is 1.57. The van der Waals surface area contributed by atoms with E-state index in [1.165, 1.54) is 5.56 Å².